The predicted octanol–water partition coefficient (Wildman–Crippen LogP) is 14.1. The molecule has 0 radical (unpaired) electrons. The number of ether oxygens (including phenoxy) is 1. The van der Waals surface area contributed by atoms with Crippen LogP contribution in [0.25, 0.3) is 0 Å². The van der Waals surface area contributed by atoms with Crippen molar-refractivity contribution in [2.45, 2.75) is 202 Å². The minimum absolute atomic E-state index is 0.121. The summed E-state index contributed by atoms with van der Waals surface area (Å²) in [6.45, 7) is 58.4. The quantitative estimate of drug-likeness (QED) is 0.333. The number of rotatable bonds is 2. The highest BCUT2D eigenvalue weighted by Gasteiger charge is 2.44. The zero-order chi connectivity index (χ0) is 35.2. The van der Waals surface area contributed by atoms with Gasteiger partial charge in [0.2, 0.25) is 0 Å². The molecule has 0 heterocycles. The van der Waals surface area contributed by atoms with Gasteiger partial charge in [-0.1, -0.05) is 177 Å². The number of benzene rings is 1. The lowest BCUT2D eigenvalue weighted by Gasteiger charge is -2.49. The van der Waals surface area contributed by atoms with Crippen molar-refractivity contribution in [3.63, 3.8) is 0 Å². The van der Waals surface area contributed by atoms with Crippen molar-refractivity contribution in [3.8, 4) is 0 Å². The van der Waals surface area contributed by atoms with E-state index in [-0.39, 0.29) is 32.9 Å². The predicted molar refractivity (Wildman–Crippen MR) is 196 cm³/mol. The van der Waals surface area contributed by atoms with Gasteiger partial charge in [0.1, 0.15) is 0 Å². The van der Waals surface area contributed by atoms with Gasteiger partial charge in [-0.15, -0.1) is 0 Å². The first-order valence-corrected chi connectivity index (χ1v) is 16.7. The molecule has 0 N–H and O–H groups in total. The molecule has 0 amide bonds. The van der Waals surface area contributed by atoms with Crippen molar-refractivity contribution in [3.05, 3.63) is 35.4 Å². The SMILES string of the molecule is CC.CC(C)(C)C(C)(C)C(C)(C)C.CC(C)(C)C(C)(C)OC(C)(C)C(C)(C)C.CC(C)(C)c1ccccc1C(C)(C)C. The molecule has 0 bridgehead atoms. The van der Waals surface area contributed by atoms with E-state index in [1.807, 2.05) is 13.8 Å². The van der Waals surface area contributed by atoms with E-state index < -0.39 is 0 Å². The summed E-state index contributed by atoms with van der Waals surface area (Å²) in [5, 5.41) is 0. The summed E-state index contributed by atoms with van der Waals surface area (Å²) in [5.41, 5.74) is 4.60. The maximum absolute atomic E-state index is 6.35. The van der Waals surface area contributed by atoms with Crippen LogP contribution in [0.5, 0.6) is 0 Å². The molecule has 0 aliphatic rings. The molecule has 1 aromatic rings. The van der Waals surface area contributed by atoms with Gasteiger partial charge in [0, 0.05) is 0 Å². The molecule has 0 atom stereocenters. The second-order valence-corrected chi connectivity index (χ2v) is 19.8. The van der Waals surface area contributed by atoms with Crippen LogP contribution in [0.1, 0.15) is 191 Å². The largest absolute Gasteiger partial charge is 0.369 e. The molecule has 0 unspecified atom stereocenters. The Morgan fingerprint density at radius 1 is 0.357 bits per heavy atom. The van der Waals surface area contributed by atoms with Gasteiger partial charge >= 0.3 is 0 Å². The molecular weight excluding hydrogens is 508 g/mol. The summed E-state index contributed by atoms with van der Waals surface area (Å²) in [4.78, 5) is 0. The molecule has 0 aromatic heterocycles. The molecule has 1 rings (SSSR count). The summed E-state index contributed by atoms with van der Waals surface area (Å²) >= 11 is 0. The lowest BCUT2D eigenvalue weighted by Crippen LogP contribution is -2.51. The molecule has 1 nitrogen and oxygen atoms in total. The van der Waals surface area contributed by atoms with Gasteiger partial charge in [-0.3, -0.25) is 0 Å². The normalized spacial score (nSPS) is 14.0. The van der Waals surface area contributed by atoms with E-state index in [1.165, 1.54) is 11.1 Å². The summed E-state index contributed by atoms with van der Waals surface area (Å²) in [7, 11) is 0. The monoisotopic (exact) mass is 591 g/mol. The van der Waals surface area contributed by atoms with Crippen molar-refractivity contribution in [1.29, 1.82) is 0 Å². The van der Waals surface area contributed by atoms with Crippen LogP contribution in [0.2, 0.25) is 0 Å². The topological polar surface area (TPSA) is 9.23 Å². The van der Waals surface area contributed by atoms with Gasteiger partial charge in [-0.05, 0) is 76.7 Å². The Balaban J connectivity index is -0.000000533. The first-order chi connectivity index (χ1) is 17.9. The highest BCUT2D eigenvalue weighted by molar-refractivity contribution is 5.37. The van der Waals surface area contributed by atoms with Crippen molar-refractivity contribution < 1.29 is 4.74 Å². The lowest BCUT2D eigenvalue weighted by molar-refractivity contribution is -0.206. The average Bonchev–Trinajstić information content (AvgIpc) is 2.71. The molecular formula is C41H82O. The Morgan fingerprint density at radius 3 is 0.690 bits per heavy atom. The minimum atomic E-state index is -0.121. The van der Waals surface area contributed by atoms with Crippen LogP contribution >= 0.6 is 0 Å². The van der Waals surface area contributed by atoms with Gasteiger partial charge in [-0.2, -0.15) is 0 Å². The second-order valence-electron chi connectivity index (χ2n) is 19.8. The zero-order valence-corrected chi connectivity index (χ0v) is 34.2. The summed E-state index contributed by atoms with van der Waals surface area (Å²) in [6, 6.07) is 8.77. The van der Waals surface area contributed by atoms with Gasteiger partial charge in [0.05, 0.1) is 11.2 Å². The van der Waals surface area contributed by atoms with Gasteiger partial charge in [-0.25, -0.2) is 0 Å². The Labute approximate surface area is 268 Å². The Bertz CT molecular complexity index is 810. The van der Waals surface area contributed by atoms with E-state index in [1.54, 1.807) is 0 Å². The molecule has 1 aromatic carbocycles. The molecule has 0 saturated heterocycles. The summed E-state index contributed by atoms with van der Waals surface area (Å²) < 4.78 is 6.35. The van der Waals surface area contributed by atoms with E-state index in [0.29, 0.717) is 16.2 Å². The Hall–Kier alpha value is -0.820. The number of hydrogen-bond donors (Lipinski definition) is 0. The Kier molecular flexibility index (Phi) is 16.3. The van der Waals surface area contributed by atoms with E-state index >= 15 is 0 Å². The van der Waals surface area contributed by atoms with Crippen LogP contribution in [-0.2, 0) is 15.6 Å². The molecule has 0 saturated carbocycles. The van der Waals surface area contributed by atoms with Crippen LogP contribution in [0.4, 0.5) is 0 Å². The molecule has 0 aliphatic carbocycles. The van der Waals surface area contributed by atoms with Crippen molar-refractivity contribution in [2.75, 3.05) is 0 Å². The smallest absolute Gasteiger partial charge is 0.0682 e. The summed E-state index contributed by atoms with van der Waals surface area (Å²) in [6.07, 6.45) is 0. The standard InChI is InChI=1S/C14H30O.C14H22.C11H24.C2H6/c1-11(2,3)13(7,8)15-14(9,10)12(4,5)6;1-13(2,3)11-9-7-8-10-12(11)14(4,5)6;1-9(2,3)11(7,8)10(4,5)6;1-2/h1-10H3;7-10H,1-6H3;1-8H3;1-2H3. The zero-order valence-electron chi connectivity index (χ0n) is 34.2. The van der Waals surface area contributed by atoms with Crippen molar-refractivity contribution in [1.82, 2.24) is 0 Å². The summed E-state index contributed by atoms with van der Waals surface area (Å²) in [5.74, 6) is 0. The third kappa shape index (κ3) is 13.9. The fraction of sp³-hybridized carbons (Fsp3) is 0.854. The van der Waals surface area contributed by atoms with Crippen LogP contribution in [0.15, 0.2) is 24.3 Å². The van der Waals surface area contributed by atoms with E-state index in [0.717, 1.165) is 0 Å². The van der Waals surface area contributed by atoms with E-state index in [2.05, 4.69) is 190 Å². The number of hydrogen-bond acceptors (Lipinski definition) is 1. The molecule has 0 spiro atoms. The Morgan fingerprint density at radius 2 is 0.571 bits per heavy atom. The van der Waals surface area contributed by atoms with E-state index in [9.17, 15) is 0 Å². The third-order valence-electron chi connectivity index (χ3n) is 10.4. The van der Waals surface area contributed by atoms with Crippen LogP contribution < -0.4 is 0 Å². The maximum atomic E-state index is 6.35. The van der Waals surface area contributed by atoms with Crippen LogP contribution in [0, 0.1) is 27.1 Å². The average molecular weight is 591 g/mol. The maximum Gasteiger partial charge on any atom is 0.0682 e. The van der Waals surface area contributed by atoms with Gasteiger partial charge in [0.15, 0.2) is 0 Å². The van der Waals surface area contributed by atoms with E-state index in [4.69, 9.17) is 4.74 Å². The molecule has 1 heteroatoms. The molecule has 42 heavy (non-hydrogen) atoms. The van der Waals surface area contributed by atoms with Crippen LogP contribution in [-0.4, -0.2) is 11.2 Å². The van der Waals surface area contributed by atoms with Crippen molar-refractivity contribution >= 4 is 0 Å². The molecule has 0 fully saturated rings. The van der Waals surface area contributed by atoms with Gasteiger partial charge < -0.3 is 4.74 Å². The van der Waals surface area contributed by atoms with Gasteiger partial charge in [0.25, 0.3) is 0 Å². The molecule has 0 aliphatic heterocycles. The van der Waals surface area contributed by atoms with Crippen molar-refractivity contribution in [2.24, 2.45) is 27.1 Å². The first kappa shape index (κ1) is 45.6. The highest BCUT2D eigenvalue weighted by atomic mass is 16.5. The fourth-order valence-electron chi connectivity index (χ4n) is 3.86. The second kappa shape index (κ2) is 15.0. The van der Waals surface area contributed by atoms with Crippen LogP contribution in [0.3, 0.4) is 0 Å². The third-order valence-corrected chi connectivity index (χ3v) is 10.4. The minimum Gasteiger partial charge on any atom is -0.369 e. The molecule has 252 valence electrons. The first-order valence-electron chi connectivity index (χ1n) is 16.7. The fourth-order valence-corrected chi connectivity index (χ4v) is 3.86. The highest BCUT2D eigenvalue weighted by Crippen LogP contribution is 2.50. The lowest BCUT2D eigenvalue weighted by atomic mass is 9.56.